The van der Waals surface area contributed by atoms with Gasteiger partial charge >= 0.3 is 0 Å². The van der Waals surface area contributed by atoms with Crippen molar-refractivity contribution in [3.63, 3.8) is 0 Å². The second kappa shape index (κ2) is 5.50. The Morgan fingerprint density at radius 3 is 2.57 bits per heavy atom. The number of hydrogen-bond acceptors (Lipinski definition) is 3. The zero-order valence-electron chi connectivity index (χ0n) is 12.3. The van der Waals surface area contributed by atoms with Gasteiger partial charge in [0.05, 0.1) is 5.52 Å². The molecule has 23 heavy (non-hydrogen) atoms. The van der Waals surface area contributed by atoms with E-state index in [1.54, 1.807) is 12.4 Å². The van der Waals surface area contributed by atoms with Gasteiger partial charge in [-0.1, -0.05) is 30.3 Å². The first-order valence-corrected chi connectivity index (χ1v) is 7.29. The lowest BCUT2D eigenvalue weighted by Crippen LogP contribution is -2.09. The summed E-state index contributed by atoms with van der Waals surface area (Å²) >= 11 is 0. The van der Waals surface area contributed by atoms with Crippen molar-refractivity contribution >= 4 is 16.8 Å². The van der Waals surface area contributed by atoms with Gasteiger partial charge in [0.15, 0.2) is 0 Å². The van der Waals surface area contributed by atoms with Gasteiger partial charge in [-0.15, -0.1) is 0 Å². The molecule has 0 aliphatic rings. The van der Waals surface area contributed by atoms with Gasteiger partial charge in [-0.3, -0.25) is 14.3 Å². The van der Waals surface area contributed by atoms with Crippen LogP contribution in [0.1, 0.15) is 10.4 Å². The van der Waals surface area contributed by atoms with E-state index in [2.05, 4.69) is 16.0 Å². The topological polar surface area (TPSA) is 47.8 Å². The van der Waals surface area contributed by atoms with Gasteiger partial charge in [-0.2, -0.15) is 0 Å². The minimum absolute atomic E-state index is 0.0920. The number of nitrogens with zero attached hydrogens (tertiary/aromatic N) is 3. The lowest BCUT2D eigenvalue weighted by molar-refractivity contribution is 0.0960. The summed E-state index contributed by atoms with van der Waals surface area (Å²) in [5, 5.41) is 1.10. The molecule has 4 heteroatoms. The summed E-state index contributed by atoms with van der Waals surface area (Å²) in [6.45, 7) is 0. The number of pyridine rings is 1. The zero-order chi connectivity index (χ0) is 15.6. The van der Waals surface area contributed by atoms with Crippen LogP contribution in [-0.2, 0) is 0 Å². The predicted octanol–water partition coefficient (Wildman–Crippen LogP) is 3.79. The van der Waals surface area contributed by atoms with Gasteiger partial charge in [-0.05, 0) is 29.8 Å². The van der Waals surface area contributed by atoms with Crippen LogP contribution in [-0.4, -0.2) is 20.4 Å². The molecule has 110 valence electrons. The largest absolute Gasteiger partial charge is 0.272 e. The second-order valence-corrected chi connectivity index (χ2v) is 5.27. The first kappa shape index (κ1) is 13.4. The van der Waals surface area contributed by atoms with Crippen LogP contribution in [0, 0.1) is 0 Å². The summed E-state index contributed by atoms with van der Waals surface area (Å²) in [5.41, 5.74) is 3.67. The van der Waals surface area contributed by atoms with E-state index >= 15 is 0 Å². The average molecular weight is 299 g/mol. The first-order chi connectivity index (χ1) is 11.3. The monoisotopic (exact) mass is 299 g/mol. The van der Waals surface area contributed by atoms with Gasteiger partial charge in [-0.25, -0.2) is 4.98 Å². The lowest BCUT2D eigenvalue weighted by atomic mass is 10.0. The Labute approximate surface area is 133 Å². The molecule has 2 heterocycles. The van der Waals surface area contributed by atoms with Gasteiger partial charge in [0.2, 0.25) is 0 Å². The highest BCUT2D eigenvalue weighted by atomic mass is 16.2. The Balaban J connectivity index is 1.68. The zero-order valence-corrected chi connectivity index (χ0v) is 12.3. The van der Waals surface area contributed by atoms with E-state index in [0.29, 0.717) is 5.56 Å². The molecule has 2 aromatic heterocycles. The minimum atomic E-state index is -0.0920. The summed E-state index contributed by atoms with van der Waals surface area (Å²) in [6, 6.07) is 17.7. The average Bonchev–Trinajstić information content (AvgIpc) is 3.15. The van der Waals surface area contributed by atoms with E-state index in [0.717, 1.165) is 22.0 Å². The van der Waals surface area contributed by atoms with Gasteiger partial charge in [0.1, 0.15) is 6.33 Å². The Kier molecular flexibility index (Phi) is 3.20. The number of para-hydroxylation sites is 1. The van der Waals surface area contributed by atoms with Gasteiger partial charge in [0.25, 0.3) is 5.91 Å². The number of carbonyl (C=O) groups is 1. The smallest absolute Gasteiger partial charge is 0.263 e. The van der Waals surface area contributed by atoms with Crippen molar-refractivity contribution in [2.75, 3.05) is 0 Å². The fraction of sp³-hybridized carbons (Fsp3) is 0. The quantitative estimate of drug-likeness (QED) is 0.566. The number of rotatable bonds is 2. The molecule has 0 saturated heterocycles. The van der Waals surface area contributed by atoms with Crippen molar-refractivity contribution in [1.29, 1.82) is 0 Å². The van der Waals surface area contributed by atoms with Crippen LogP contribution in [0.2, 0.25) is 0 Å². The Morgan fingerprint density at radius 1 is 0.957 bits per heavy atom. The Bertz CT molecular complexity index is 973. The molecule has 0 saturated carbocycles. The van der Waals surface area contributed by atoms with Crippen molar-refractivity contribution in [1.82, 2.24) is 14.5 Å². The molecule has 0 N–H and O–H groups in total. The number of carbonyl (C=O) groups excluding carboxylic acids is 1. The maximum atomic E-state index is 12.2. The molecule has 0 radical (unpaired) electrons. The summed E-state index contributed by atoms with van der Waals surface area (Å²) in [7, 11) is 0. The van der Waals surface area contributed by atoms with E-state index in [-0.39, 0.29) is 5.91 Å². The highest BCUT2D eigenvalue weighted by molar-refractivity contribution is 5.96. The molecule has 2 aromatic carbocycles. The molecular weight excluding hydrogens is 286 g/mol. The molecule has 0 unspecified atom stereocenters. The highest BCUT2D eigenvalue weighted by Gasteiger charge is 2.08. The van der Waals surface area contributed by atoms with Crippen LogP contribution in [0.5, 0.6) is 0 Å². The predicted molar refractivity (Wildman–Crippen MR) is 89.1 cm³/mol. The molecule has 0 amide bonds. The molecule has 0 fully saturated rings. The third kappa shape index (κ3) is 2.51. The third-order valence-corrected chi connectivity index (χ3v) is 3.79. The third-order valence-electron chi connectivity index (χ3n) is 3.79. The summed E-state index contributed by atoms with van der Waals surface area (Å²) in [4.78, 5) is 20.6. The molecular formula is C19H13N3O. The maximum Gasteiger partial charge on any atom is 0.263 e. The van der Waals surface area contributed by atoms with Gasteiger partial charge in [0, 0.05) is 35.1 Å². The second-order valence-electron chi connectivity index (χ2n) is 5.27. The lowest BCUT2D eigenvalue weighted by Gasteiger charge is -2.05. The molecule has 0 spiro atoms. The number of benzene rings is 2. The van der Waals surface area contributed by atoms with Crippen molar-refractivity contribution in [3.05, 3.63) is 85.1 Å². The van der Waals surface area contributed by atoms with Crippen LogP contribution >= 0.6 is 0 Å². The fourth-order valence-electron chi connectivity index (χ4n) is 2.56. The fourth-order valence-corrected chi connectivity index (χ4v) is 2.56. The van der Waals surface area contributed by atoms with Crippen LogP contribution in [0.25, 0.3) is 22.0 Å². The Hall–Kier alpha value is -3.27. The van der Waals surface area contributed by atoms with Crippen molar-refractivity contribution < 1.29 is 4.79 Å². The molecule has 0 bridgehead atoms. The summed E-state index contributed by atoms with van der Waals surface area (Å²) in [5.74, 6) is -0.0920. The SMILES string of the molecule is O=C(c1ccc(-c2cnc3ccccc3c2)cc1)n1ccnc1. The standard InChI is InChI=1S/C19H13N3O/c23-19(22-10-9-20-13-22)15-7-5-14(6-8-15)17-11-16-3-1-2-4-18(16)21-12-17/h1-13H. The van der Waals surface area contributed by atoms with E-state index in [1.807, 2.05) is 54.7 Å². The number of fused-ring (bicyclic) bond motifs is 1. The highest BCUT2D eigenvalue weighted by Crippen LogP contribution is 2.23. The normalized spacial score (nSPS) is 10.8. The maximum absolute atomic E-state index is 12.2. The molecule has 4 nitrogen and oxygen atoms in total. The van der Waals surface area contributed by atoms with Crippen LogP contribution < -0.4 is 0 Å². The van der Waals surface area contributed by atoms with E-state index < -0.39 is 0 Å². The van der Waals surface area contributed by atoms with E-state index in [1.165, 1.54) is 10.9 Å². The van der Waals surface area contributed by atoms with Crippen LogP contribution in [0.3, 0.4) is 0 Å². The first-order valence-electron chi connectivity index (χ1n) is 7.29. The molecule has 4 aromatic rings. The summed E-state index contributed by atoms with van der Waals surface area (Å²) in [6.07, 6.45) is 6.59. The molecule has 4 rings (SSSR count). The summed E-state index contributed by atoms with van der Waals surface area (Å²) < 4.78 is 1.46. The molecule has 0 atom stereocenters. The van der Waals surface area contributed by atoms with Crippen molar-refractivity contribution in [2.45, 2.75) is 0 Å². The number of hydrogen-bond donors (Lipinski definition) is 0. The minimum Gasteiger partial charge on any atom is -0.272 e. The van der Waals surface area contributed by atoms with Crippen molar-refractivity contribution in [2.24, 2.45) is 0 Å². The van der Waals surface area contributed by atoms with E-state index in [9.17, 15) is 4.79 Å². The van der Waals surface area contributed by atoms with Gasteiger partial charge < -0.3 is 0 Å². The number of aromatic nitrogens is 3. The van der Waals surface area contributed by atoms with Crippen molar-refractivity contribution in [3.8, 4) is 11.1 Å². The Morgan fingerprint density at radius 2 is 1.78 bits per heavy atom. The van der Waals surface area contributed by atoms with Crippen LogP contribution in [0.4, 0.5) is 0 Å². The molecule has 0 aliphatic heterocycles. The number of imidazole rings is 1. The van der Waals surface area contributed by atoms with Crippen LogP contribution in [0.15, 0.2) is 79.5 Å². The van der Waals surface area contributed by atoms with E-state index in [4.69, 9.17) is 0 Å². The molecule has 0 aliphatic carbocycles.